The van der Waals surface area contributed by atoms with Crippen LogP contribution in [0.2, 0.25) is 0 Å². The molecular formula is C16H22N4. The Morgan fingerprint density at radius 3 is 2.55 bits per heavy atom. The molecule has 4 heteroatoms. The third kappa shape index (κ3) is 2.36. The third-order valence-electron chi connectivity index (χ3n) is 4.37. The number of rotatable bonds is 4. The van der Waals surface area contributed by atoms with Gasteiger partial charge in [-0.2, -0.15) is 5.10 Å². The lowest BCUT2D eigenvalue weighted by molar-refractivity contribution is 0.331. The van der Waals surface area contributed by atoms with Crippen molar-refractivity contribution in [3.05, 3.63) is 47.5 Å². The van der Waals surface area contributed by atoms with Crippen LogP contribution in [0.4, 0.5) is 0 Å². The Kier molecular flexibility index (Phi) is 3.83. The first-order valence-corrected chi connectivity index (χ1v) is 7.52. The zero-order chi connectivity index (χ0) is 13.8. The zero-order valence-corrected chi connectivity index (χ0v) is 11.8. The van der Waals surface area contributed by atoms with Crippen molar-refractivity contribution in [3.8, 4) is 0 Å². The Bertz CT molecular complexity index is 541. The van der Waals surface area contributed by atoms with Crippen LogP contribution in [0.25, 0.3) is 0 Å². The molecule has 0 atom stereocenters. The van der Waals surface area contributed by atoms with Gasteiger partial charge in [-0.3, -0.25) is 5.10 Å². The molecule has 3 rings (SSSR count). The summed E-state index contributed by atoms with van der Waals surface area (Å²) in [6.07, 6.45) is 6.84. The van der Waals surface area contributed by atoms with Crippen LogP contribution in [0, 0.1) is 0 Å². The van der Waals surface area contributed by atoms with E-state index in [4.69, 9.17) is 10.7 Å². The van der Waals surface area contributed by atoms with Gasteiger partial charge in [-0.05, 0) is 24.9 Å². The van der Waals surface area contributed by atoms with Crippen molar-refractivity contribution >= 4 is 0 Å². The molecule has 1 aromatic carbocycles. The summed E-state index contributed by atoms with van der Waals surface area (Å²) in [6.45, 7) is 0.604. The largest absolute Gasteiger partial charge is 0.330 e. The Morgan fingerprint density at radius 1 is 1.10 bits per heavy atom. The van der Waals surface area contributed by atoms with Gasteiger partial charge in [-0.25, -0.2) is 4.98 Å². The summed E-state index contributed by atoms with van der Waals surface area (Å²) in [4.78, 5) is 4.73. The summed E-state index contributed by atoms with van der Waals surface area (Å²) in [5, 5.41) is 7.57. The van der Waals surface area contributed by atoms with Crippen molar-refractivity contribution in [2.45, 2.75) is 43.9 Å². The minimum Gasteiger partial charge on any atom is -0.330 e. The maximum atomic E-state index is 5.60. The van der Waals surface area contributed by atoms with Crippen molar-refractivity contribution in [2.24, 2.45) is 5.73 Å². The number of benzene rings is 1. The summed E-state index contributed by atoms with van der Waals surface area (Å²) in [6, 6.07) is 10.7. The van der Waals surface area contributed by atoms with Gasteiger partial charge in [0.15, 0.2) is 5.82 Å². The van der Waals surface area contributed by atoms with E-state index < -0.39 is 0 Å². The quantitative estimate of drug-likeness (QED) is 0.897. The molecule has 0 saturated heterocycles. The van der Waals surface area contributed by atoms with Gasteiger partial charge in [-0.1, -0.05) is 49.6 Å². The molecular weight excluding hydrogens is 248 g/mol. The lowest BCUT2D eigenvalue weighted by Crippen LogP contribution is -2.31. The summed E-state index contributed by atoms with van der Waals surface area (Å²) in [5.74, 6) is 1.86. The first-order chi connectivity index (χ1) is 9.85. The maximum Gasteiger partial charge on any atom is 0.161 e. The van der Waals surface area contributed by atoms with E-state index >= 15 is 0 Å². The first kappa shape index (κ1) is 13.3. The number of nitrogens with zero attached hydrogens (tertiary/aromatic N) is 2. The molecule has 1 fully saturated rings. The molecule has 1 aliphatic rings. The van der Waals surface area contributed by atoms with Crippen LogP contribution in [0.15, 0.2) is 30.3 Å². The fourth-order valence-electron chi connectivity index (χ4n) is 3.31. The third-order valence-corrected chi connectivity index (χ3v) is 4.37. The van der Waals surface area contributed by atoms with Crippen LogP contribution in [0.3, 0.4) is 0 Å². The second kappa shape index (κ2) is 5.75. The maximum absolute atomic E-state index is 5.60. The summed E-state index contributed by atoms with van der Waals surface area (Å²) >= 11 is 0. The second-order valence-electron chi connectivity index (χ2n) is 5.65. The Morgan fingerprint density at radius 2 is 1.85 bits per heavy atom. The average Bonchev–Trinajstić information content (AvgIpc) is 2.98. The van der Waals surface area contributed by atoms with E-state index in [-0.39, 0.29) is 5.41 Å². The minimum atomic E-state index is -0.0111. The standard InChI is InChI=1S/C16H22N4/c17-12-9-14-18-15(20-19-14)16(10-5-2-6-11-16)13-7-3-1-4-8-13/h1,3-4,7-8H,2,5-6,9-12,17H2,(H,18,19,20). The average molecular weight is 270 g/mol. The highest BCUT2D eigenvalue weighted by Crippen LogP contribution is 2.43. The second-order valence-corrected chi connectivity index (χ2v) is 5.65. The lowest BCUT2D eigenvalue weighted by atomic mass is 9.69. The molecule has 1 aliphatic carbocycles. The van der Waals surface area contributed by atoms with Crippen LogP contribution in [-0.2, 0) is 11.8 Å². The number of H-pyrrole nitrogens is 1. The molecule has 106 valence electrons. The van der Waals surface area contributed by atoms with Crippen LogP contribution in [0.1, 0.15) is 49.3 Å². The lowest BCUT2D eigenvalue weighted by Gasteiger charge is -2.35. The Hall–Kier alpha value is -1.68. The van der Waals surface area contributed by atoms with Gasteiger partial charge in [0.05, 0.1) is 5.41 Å². The molecule has 0 spiro atoms. The zero-order valence-electron chi connectivity index (χ0n) is 11.8. The van der Waals surface area contributed by atoms with Crippen LogP contribution >= 0.6 is 0 Å². The van der Waals surface area contributed by atoms with E-state index in [2.05, 4.69) is 40.5 Å². The van der Waals surface area contributed by atoms with Gasteiger partial charge in [0.25, 0.3) is 0 Å². The molecule has 1 aromatic heterocycles. The first-order valence-electron chi connectivity index (χ1n) is 7.52. The van der Waals surface area contributed by atoms with Gasteiger partial charge in [0, 0.05) is 6.42 Å². The van der Waals surface area contributed by atoms with Crippen LogP contribution in [-0.4, -0.2) is 21.7 Å². The SMILES string of the molecule is NCCc1nc(C2(c3ccccc3)CCCCC2)n[nH]1. The highest BCUT2D eigenvalue weighted by Gasteiger charge is 2.39. The van der Waals surface area contributed by atoms with Crippen LogP contribution in [0.5, 0.6) is 0 Å². The molecule has 0 bridgehead atoms. The Labute approximate surface area is 119 Å². The van der Waals surface area contributed by atoms with Gasteiger partial charge in [0.2, 0.25) is 0 Å². The number of hydrogen-bond acceptors (Lipinski definition) is 3. The smallest absolute Gasteiger partial charge is 0.161 e. The van der Waals surface area contributed by atoms with E-state index in [1.54, 1.807) is 0 Å². The number of nitrogens with one attached hydrogen (secondary N) is 1. The Balaban J connectivity index is 2.00. The molecule has 0 amide bonds. The normalized spacial score (nSPS) is 18.1. The summed E-state index contributed by atoms with van der Waals surface area (Å²) in [5.41, 5.74) is 6.94. The molecule has 0 aliphatic heterocycles. The fourth-order valence-corrected chi connectivity index (χ4v) is 3.31. The topological polar surface area (TPSA) is 67.6 Å². The van der Waals surface area contributed by atoms with Crippen molar-refractivity contribution in [1.82, 2.24) is 15.2 Å². The van der Waals surface area contributed by atoms with Crippen molar-refractivity contribution < 1.29 is 0 Å². The number of nitrogens with two attached hydrogens (primary N) is 1. The van der Waals surface area contributed by atoms with E-state index in [1.165, 1.54) is 24.8 Å². The van der Waals surface area contributed by atoms with Crippen molar-refractivity contribution in [1.29, 1.82) is 0 Å². The van der Waals surface area contributed by atoms with Crippen LogP contribution < -0.4 is 5.73 Å². The number of hydrogen-bond donors (Lipinski definition) is 2. The molecule has 0 unspecified atom stereocenters. The van der Waals surface area contributed by atoms with Crippen molar-refractivity contribution in [2.75, 3.05) is 6.54 Å². The number of aromatic amines is 1. The predicted molar refractivity (Wildman–Crippen MR) is 79.4 cm³/mol. The van der Waals surface area contributed by atoms with E-state index in [1.807, 2.05) is 0 Å². The monoisotopic (exact) mass is 270 g/mol. The van der Waals surface area contributed by atoms with E-state index in [9.17, 15) is 0 Å². The minimum absolute atomic E-state index is 0.0111. The highest BCUT2D eigenvalue weighted by molar-refractivity contribution is 5.33. The van der Waals surface area contributed by atoms with E-state index in [0.29, 0.717) is 6.54 Å². The van der Waals surface area contributed by atoms with E-state index in [0.717, 1.165) is 30.9 Å². The summed E-state index contributed by atoms with van der Waals surface area (Å²) in [7, 11) is 0. The molecule has 20 heavy (non-hydrogen) atoms. The molecule has 4 nitrogen and oxygen atoms in total. The van der Waals surface area contributed by atoms with Gasteiger partial charge in [0.1, 0.15) is 5.82 Å². The molecule has 1 saturated carbocycles. The number of aromatic nitrogens is 3. The van der Waals surface area contributed by atoms with Gasteiger partial charge < -0.3 is 5.73 Å². The van der Waals surface area contributed by atoms with Gasteiger partial charge >= 0.3 is 0 Å². The van der Waals surface area contributed by atoms with Crippen molar-refractivity contribution in [3.63, 3.8) is 0 Å². The molecule has 2 aromatic rings. The summed E-state index contributed by atoms with van der Waals surface area (Å²) < 4.78 is 0. The fraction of sp³-hybridized carbons (Fsp3) is 0.500. The highest BCUT2D eigenvalue weighted by atomic mass is 15.2. The molecule has 3 N–H and O–H groups in total. The van der Waals surface area contributed by atoms with Gasteiger partial charge in [-0.15, -0.1) is 0 Å². The predicted octanol–water partition coefficient (Wildman–Crippen LogP) is 2.56. The molecule has 1 heterocycles. The molecule has 0 radical (unpaired) electrons.